The van der Waals surface area contributed by atoms with Gasteiger partial charge in [-0.3, -0.25) is 14.9 Å². The van der Waals surface area contributed by atoms with Crippen LogP contribution in [0.1, 0.15) is 24.8 Å². The zero-order valence-electron chi connectivity index (χ0n) is 11.7. The molecule has 1 aromatic rings. The van der Waals surface area contributed by atoms with Crippen LogP contribution in [0.4, 0.5) is 5.69 Å². The molecule has 0 spiro atoms. The van der Waals surface area contributed by atoms with Crippen LogP contribution in [0.3, 0.4) is 0 Å². The number of halogens is 1. The Morgan fingerprint density at radius 1 is 1.48 bits per heavy atom. The van der Waals surface area contributed by atoms with Gasteiger partial charge in [0, 0.05) is 31.1 Å². The lowest BCUT2D eigenvalue weighted by Gasteiger charge is -2.23. The number of carbonyl (C=O) groups excluding carboxylic acids is 1. The monoisotopic (exact) mass is 313 g/mol. The van der Waals surface area contributed by atoms with Crippen LogP contribution in [0.2, 0.25) is 0 Å². The van der Waals surface area contributed by atoms with E-state index in [1.165, 1.54) is 12.1 Å². The Morgan fingerprint density at radius 3 is 2.95 bits per heavy atom. The van der Waals surface area contributed by atoms with Gasteiger partial charge in [0.1, 0.15) is 0 Å². The van der Waals surface area contributed by atoms with Crippen LogP contribution in [0.15, 0.2) is 24.3 Å². The van der Waals surface area contributed by atoms with Crippen molar-refractivity contribution in [2.75, 3.05) is 13.1 Å². The SMILES string of the molecule is Cl.O=C(CCc1cccc([N+](=O)[O-])c1)N[C@H]1CCCNC1. The molecule has 0 unspecified atom stereocenters. The first-order valence-electron chi connectivity index (χ1n) is 6.88. The van der Waals surface area contributed by atoms with Gasteiger partial charge in [0.2, 0.25) is 5.91 Å². The van der Waals surface area contributed by atoms with E-state index in [4.69, 9.17) is 0 Å². The zero-order chi connectivity index (χ0) is 14.4. The van der Waals surface area contributed by atoms with E-state index in [2.05, 4.69) is 10.6 Å². The summed E-state index contributed by atoms with van der Waals surface area (Å²) in [7, 11) is 0. The van der Waals surface area contributed by atoms with Gasteiger partial charge in [-0.15, -0.1) is 12.4 Å². The van der Waals surface area contributed by atoms with E-state index >= 15 is 0 Å². The van der Waals surface area contributed by atoms with Crippen LogP contribution in [0.5, 0.6) is 0 Å². The smallest absolute Gasteiger partial charge is 0.269 e. The molecule has 2 rings (SSSR count). The average molecular weight is 314 g/mol. The van der Waals surface area contributed by atoms with Crippen LogP contribution in [0, 0.1) is 10.1 Å². The second-order valence-corrected chi connectivity index (χ2v) is 5.04. The summed E-state index contributed by atoms with van der Waals surface area (Å²) in [6.45, 7) is 1.84. The maximum atomic E-state index is 11.8. The molecule has 0 aliphatic carbocycles. The fourth-order valence-electron chi connectivity index (χ4n) is 2.36. The van der Waals surface area contributed by atoms with Crippen LogP contribution in [-0.4, -0.2) is 30.0 Å². The molecule has 1 aromatic carbocycles. The second-order valence-electron chi connectivity index (χ2n) is 5.04. The highest BCUT2D eigenvalue weighted by atomic mass is 35.5. The van der Waals surface area contributed by atoms with Crippen molar-refractivity contribution in [3.8, 4) is 0 Å². The fourth-order valence-corrected chi connectivity index (χ4v) is 2.36. The average Bonchev–Trinajstić information content (AvgIpc) is 2.46. The number of benzene rings is 1. The van der Waals surface area contributed by atoms with Crippen molar-refractivity contribution in [3.05, 3.63) is 39.9 Å². The Labute approximate surface area is 129 Å². The molecule has 1 atom stereocenters. The molecule has 0 radical (unpaired) electrons. The van der Waals surface area contributed by atoms with E-state index in [1.807, 2.05) is 6.07 Å². The summed E-state index contributed by atoms with van der Waals surface area (Å²) in [6, 6.07) is 6.65. The number of rotatable bonds is 5. The number of nitro groups is 1. The highest BCUT2D eigenvalue weighted by molar-refractivity contribution is 5.85. The van der Waals surface area contributed by atoms with Gasteiger partial charge in [0.05, 0.1) is 4.92 Å². The summed E-state index contributed by atoms with van der Waals surface area (Å²) < 4.78 is 0. The van der Waals surface area contributed by atoms with Gasteiger partial charge in [0.15, 0.2) is 0 Å². The Kier molecular flexibility index (Phi) is 7.11. The summed E-state index contributed by atoms with van der Waals surface area (Å²) in [5, 5.41) is 16.9. The van der Waals surface area contributed by atoms with E-state index in [1.54, 1.807) is 6.07 Å². The summed E-state index contributed by atoms with van der Waals surface area (Å²) in [5.41, 5.74) is 0.885. The lowest BCUT2D eigenvalue weighted by atomic mass is 10.1. The van der Waals surface area contributed by atoms with E-state index in [-0.39, 0.29) is 30.0 Å². The van der Waals surface area contributed by atoms with E-state index in [0.29, 0.717) is 12.8 Å². The normalized spacial score (nSPS) is 17.6. The number of hydrogen-bond acceptors (Lipinski definition) is 4. The minimum absolute atomic E-state index is 0. The third-order valence-electron chi connectivity index (χ3n) is 3.42. The van der Waals surface area contributed by atoms with Crippen molar-refractivity contribution < 1.29 is 9.72 Å². The zero-order valence-corrected chi connectivity index (χ0v) is 12.5. The molecule has 1 amide bonds. The Morgan fingerprint density at radius 2 is 2.29 bits per heavy atom. The summed E-state index contributed by atoms with van der Waals surface area (Å²) in [4.78, 5) is 22.1. The molecule has 0 aromatic heterocycles. The molecular formula is C14H20ClN3O3. The van der Waals surface area contributed by atoms with Crippen molar-refractivity contribution in [2.45, 2.75) is 31.7 Å². The Balaban J connectivity index is 0.00000220. The molecule has 0 bridgehead atoms. The number of nitrogens with zero attached hydrogens (tertiary/aromatic N) is 1. The maximum absolute atomic E-state index is 11.8. The number of piperidine rings is 1. The molecule has 6 nitrogen and oxygen atoms in total. The number of hydrogen-bond donors (Lipinski definition) is 2. The minimum atomic E-state index is -0.419. The topological polar surface area (TPSA) is 84.3 Å². The third-order valence-corrected chi connectivity index (χ3v) is 3.42. The highest BCUT2D eigenvalue weighted by Gasteiger charge is 2.15. The quantitative estimate of drug-likeness (QED) is 0.641. The molecule has 1 aliphatic rings. The molecule has 1 aliphatic heterocycles. The van der Waals surface area contributed by atoms with E-state index < -0.39 is 4.92 Å². The second kappa shape index (κ2) is 8.59. The number of amides is 1. The number of nitrogens with one attached hydrogen (secondary N) is 2. The van der Waals surface area contributed by atoms with Crippen LogP contribution in [0.25, 0.3) is 0 Å². The first kappa shape index (κ1) is 17.4. The van der Waals surface area contributed by atoms with Gasteiger partial charge < -0.3 is 10.6 Å². The summed E-state index contributed by atoms with van der Waals surface area (Å²) >= 11 is 0. The third kappa shape index (κ3) is 5.69. The van der Waals surface area contributed by atoms with Gasteiger partial charge in [-0.1, -0.05) is 12.1 Å². The van der Waals surface area contributed by atoms with Crippen LogP contribution in [-0.2, 0) is 11.2 Å². The number of non-ortho nitro benzene ring substituents is 1. The van der Waals surface area contributed by atoms with Gasteiger partial charge in [-0.2, -0.15) is 0 Å². The summed E-state index contributed by atoms with van der Waals surface area (Å²) in [6.07, 6.45) is 2.97. The van der Waals surface area contributed by atoms with Crippen molar-refractivity contribution in [2.24, 2.45) is 0 Å². The molecule has 2 N–H and O–H groups in total. The molecule has 1 heterocycles. The van der Waals surface area contributed by atoms with E-state index in [9.17, 15) is 14.9 Å². The first-order chi connectivity index (χ1) is 9.65. The number of carbonyl (C=O) groups is 1. The van der Waals surface area contributed by atoms with Gasteiger partial charge in [0.25, 0.3) is 5.69 Å². The molecule has 1 fully saturated rings. The lowest BCUT2D eigenvalue weighted by Crippen LogP contribution is -2.45. The first-order valence-corrected chi connectivity index (χ1v) is 6.88. The Hall–Kier alpha value is -1.66. The minimum Gasteiger partial charge on any atom is -0.352 e. The molecule has 1 saturated heterocycles. The molecule has 21 heavy (non-hydrogen) atoms. The molecule has 7 heteroatoms. The van der Waals surface area contributed by atoms with Gasteiger partial charge in [-0.05, 0) is 31.4 Å². The number of aryl methyl sites for hydroxylation is 1. The van der Waals surface area contributed by atoms with Crippen molar-refractivity contribution in [1.82, 2.24) is 10.6 Å². The maximum Gasteiger partial charge on any atom is 0.269 e. The van der Waals surface area contributed by atoms with Crippen molar-refractivity contribution in [3.63, 3.8) is 0 Å². The van der Waals surface area contributed by atoms with Crippen molar-refractivity contribution in [1.29, 1.82) is 0 Å². The fraction of sp³-hybridized carbons (Fsp3) is 0.500. The van der Waals surface area contributed by atoms with E-state index in [0.717, 1.165) is 31.5 Å². The van der Waals surface area contributed by atoms with Crippen LogP contribution >= 0.6 is 12.4 Å². The predicted octanol–water partition coefficient (Wildman–Crippen LogP) is 1.82. The van der Waals surface area contributed by atoms with Crippen molar-refractivity contribution >= 4 is 24.0 Å². The largest absolute Gasteiger partial charge is 0.352 e. The van der Waals surface area contributed by atoms with Gasteiger partial charge >= 0.3 is 0 Å². The Bertz CT molecular complexity index is 490. The molecule has 0 saturated carbocycles. The lowest BCUT2D eigenvalue weighted by molar-refractivity contribution is -0.384. The molecular weight excluding hydrogens is 294 g/mol. The van der Waals surface area contributed by atoms with Crippen LogP contribution < -0.4 is 10.6 Å². The highest BCUT2D eigenvalue weighted by Crippen LogP contribution is 2.14. The standard InChI is InChI=1S/C14H19N3O3.ClH/c18-14(16-12-4-2-8-15-10-12)7-6-11-3-1-5-13(9-11)17(19)20;/h1,3,5,9,12,15H,2,4,6-8,10H2,(H,16,18);1H/t12-;/m0./s1. The predicted molar refractivity (Wildman–Crippen MR) is 82.7 cm³/mol. The number of nitro benzene ring substituents is 1. The summed E-state index contributed by atoms with van der Waals surface area (Å²) in [5.74, 6) is 0.00482. The van der Waals surface area contributed by atoms with Gasteiger partial charge in [-0.25, -0.2) is 0 Å². The molecule has 116 valence electrons.